The normalized spacial score (nSPS) is 12.0. The van der Waals surface area contributed by atoms with Gasteiger partial charge in [0.25, 0.3) is 0 Å². The molecule has 0 aliphatic carbocycles. The van der Waals surface area contributed by atoms with Gasteiger partial charge in [-0.2, -0.15) is 10.4 Å². The predicted molar refractivity (Wildman–Crippen MR) is 127 cm³/mol. The molecule has 0 saturated carbocycles. The van der Waals surface area contributed by atoms with E-state index in [9.17, 15) is 10.1 Å². The Morgan fingerprint density at radius 2 is 2.03 bits per heavy atom. The number of furan rings is 1. The molecule has 9 heteroatoms. The van der Waals surface area contributed by atoms with Crippen LogP contribution >= 0.6 is 0 Å². The predicted octanol–water partition coefficient (Wildman–Crippen LogP) is 3.83. The number of amides is 1. The summed E-state index contributed by atoms with van der Waals surface area (Å²) in [6.45, 7) is 6.47. The van der Waals surface area contributed by atoms with E-state index in [4.69, 9.17) is 4.42 Å². The maximum Gasteiger partial charge on any atom is 0.239 e. The molecule has 0 aliphatic heterocycles. The van der Waals surface area contributed by atoms with Gasteiger partial charge < -0.3 is 14.3 Å². The van der Waals surface area contributed by atoms with Crippen LogP contribution in [-0.2, 0) is 11.3 Å². The van der Waals surface area contributed by atoms with Gasteiger partial charge in [-0.3, -0.25) is 9.69 Å². The van der Waals surface area contributed by atoms with E-state index >= 15 is 0 Å². The van der Waals surface area contributed by atoms with Crippen molar-refractivity contribution in [2.75, 3.05) is 18.9 Å². The molecule has 0 aliphatic rings. The van der Waals surface area contributed by atoms with Gasteiger partial charge in [-0.1, -0.05) is 12.1 Å². The first-order valence-corrected chi connectivity index (χ1v) is 11.0. The fraction of sp³-hybridized carbons (Fsp3) is 0.280. The molecule has 4 rings (SSSR count). The van der Waals surface area contributed by atoms with Gasteiger partial charge in [0.05, 0.1) is 30.6 Å². The van der Waals surface area contributed by atoms with Crippen LogP contribution < -0.4 is 5.32 Å². The second-order valence-corrected chi connectivity index (χ2v) is 8.28. The van der Waals surface area contributed by atoms with Gasteiger partial charge in [0, 0.05) is 11.7 Å². The van der Waals surface area contributed by atoms with E-state index in [1.807, 2.05) is 73.7 Å². The summed E-state index contributed by atoms with van der Waals surface area (Å²) in [6.07, 6.45) is 4.75. The third-order valence-corrected chi connectivity index (χ3v) is 6.21. The number of hydrogen-bond donors (Lipinski definition) is 1. The molecule has 0 saturated heterocycles. The Morgan fingerprint density at radius 3 is 2.65 bits per heavy atom. The summed E-state index contributed by atoms with van der Waals surface area (Å²) in [5.74, 6) is 1.05. The van der Waals surface area contributed by atoms with E-state index in [0.717, 1.165) is 28.3 Å². The second-order valence-electron chi connectivity index (χ2n) is 8.28. The Hall–Kier alpha value is -4.16. The lowest BCUT2D eigenvalue weighted by Crippen LogP contribution is -2.33. The highest BCUT2D eigenvalue weighted by atomic mass is 16.3. The van der Waals surface area contributed by atoms with Crippen molar-refractivity contribution in [3.8, 4) is 11.8 Å². The van der Waals surface area contributed by atoms with Crippen LogP contribution in [0.25, 0.3) is 5.69 Å². The van der Waals surface area contributed by atoms with Crippen molar-refractivity contribution in [1.82, 2.24) is 24.2 Å². The van der Waals surface area contributed by atoms with Crippen LogP contribution in [-0.4, -0.2) is 43.7 Å². The van der Waals surface area contributed by atoms with E-state index in [1.165, 1.54) is 6.33 Å². The molecule has 1 aromatic carbocycles. The van der Waals surface area contributed by atoms with Gasteiger partial charge in [0.2, 0.25) is 5.91 Å². The lowest BCUT2D eigenvalue weighted by Gasteiger charge is -2.25. The average molecular weight is 458 g/mol. The molecule has 174 valence electrons. The van der Waals surface area contributed by atoms with Gasteiger partial charge >= 0.3 is 0 Å². The third-order valence-electron chi connectivity index (χ3n) is 6.21. The first-order valence-electron chi connectivity index (χ1n) is 11.0. The summed E-state index contributed by atoms with van der Waals surface area (Å²) >= 11 is 0. The number of nitrogens with zero attached hydrogens (tertiary/aromatic N) is 6. The summed E-state index contributed by atoms with van der Waals surface area (Å²) in [5.41, 5.74) is 4.22. The number of hydrogen-bond acceptors (Lipinski definition) is 6. The molecule has 0 bridgehead atoms. The van der Waals surface area contributed by atoms with Crippen molar-refractivity contribution in [3.05, 3.63) is 83.5 Å². The quantitative estimate of drug-likeness (QED) is 0.431. The van der Waals surface area contributed by atoms with Crippen LogP contribution in [0.3, 0.4) is 0 Å². The molecule has 0 fully saturated rings. The van der Waals surface area contributed by atoms with Crippen molar-refractivity contribution in [3.63, 3.8) is 0 Å². The number of carbonyl (C=O) groups is 1. The monoisotopic (exact) mass is 457 g/mol. The summed E-state index contributed by atoms with van der Waals surface area (Å²) < 4.78 is 9.09. The minimum Gasteiger partial charge on any atom is -0.467 e. The highest BCUT2D eigenvalue weighted by Crippen LogP contribution is 2.28. The smallest absolute Gasteiger partial charge is 0.239 e. The number of nitrogens with one attached hydrogen (secondary N) is 1. The fourth-order valence-electron chi connectivity index (χ4n) is 3.92. The largest absolute Gasteiger partial charge is 0.467 e. The lowest BCUT2D eigenvalue weighted by atomic mass is 10.1. The standard InChI is InChI=1S/C25H27N7O2/c1-17-18(2)31(13-22-6-5-11-34-22)25(23(17)12-26)29-24(33)14-30(4)19(3)20-7-9-21(10-8-20)32-16-27-15-28-32/h5-11,15-16,19H,13-14H2,1-4H3,(H,29,33). The minimum atomic E-state index is -0.191. The average Bonchev–Trinajstić information content (AvgIpc) is 3.59. The van der Waals surface area contributed by atoms with E-state index in [-0.39, 0.29) is 18.5 Å². The first kappa shape index (κ1) is 23.0. The molecule has 3 heterocycles. The number of nitriles is 1. The SMILES string of the molecule is Cc1c(C#N)c(NC(=O)CN(C)C(C)c2ccc(-n3cncn3)cc2)n(Cc2ccco2)c1C. The van der Waals surface area contributed by atoms with Crippen molar-refractivity contribution in [2.24, 2.45) is 0 Å². The number of benzene rings is 1. The first-order chi connectivity index (χ1) is 16.4. The van der Waals surface area contributed by atoms with Crippen molar-refractivity contribution in [2.45, 2.75) is 33.4 Å². The minimum absolute atomic E-state index is 0.00404. The molecule has 1 unspecified atom stereocenters. The topological polar surface area (TPSA) is 105 Å². The van der Waals surface area contributed by atoms with E-state index in [2.05, 4.69) is 21.5 Å². The molecule has 1 atom stereocenters. The molecule has 4 aromatic rings. The van der Waals surface area contributed by atoms with Crippen LogP contribution in [0.5, 0.6) is 0 Å². The third kappa shape index (κ3) is 4.63. The molecule has 1 amide bonds. The summed E-state index contributed by atoms with van der Waals surface area (Å²) in [7, 11) is 1.90. The van der Waals surface area contributed by atoms with Gasteiger partial charge in [-0.25, -0.2) is 9.67 Å². The molecule has 1 N–H and O–H groups in total. The van der Waals surface area contributed by atoms with Gasteiger partial charge in [-0.15, -0.1) is 0 Å². The Morgan fingerprint density at radius 1 is 1.26 bits per heavy atom. The summed E-state index contributed by atoms with van der Waals surface area (Å²) in [5, 5.41) is 16.8. The van der Waals surface area contributed by atoms with E-state index < -0.39 is 0 Å². The highest BCUT2D eigenvalue weighted by Gasteiger charge is 2.22. The molecule has 34 heavy (non-hydrogen) atoms. The molecule has 0 radical (unpaired) electrons. The molecular formula is C25H27N7O2. The maximum atomic E-state index is 13.0. The van der Waals surface area contributed by atoms with Crippen molar-refractivity contribution >= 4 is 11.7 Å². The molecule has 0 spiro atoms. The molecule has 3 aromatic heterocycles. The summed E-state index contributed by atoms with van der Waals surface area (Å²) in [6, 6.07) is 13.9. The zero-order chi connectivity index (χ0) is 24.2. The Labute approximate surface area is 198 Å². The van der Waals surface area contributed by atoms with Gasteiger partial charge in [0.1, 0.15) is 30.3 Å². The highest BCUT2D eigenvalue weighted by molar-refractivity contribution is 5.93. The fourth-order valence-corrected chi connectivity index (χ4v) is 3.92. The van der Waals surface area contributed by atoms with Gasteiger partial charge in [-0.05, 0) is 63.2 Å². The van der Waals surface area contributed by atoms with Crippen molar-refractivity contribution in [1.29, 1.82) is 5.26 Å². The van der Waals surface area contributed by atoms with Crippen LogP contribution in [0.4, 0.5) is 5.82 Å². The maximum absolute atomic E-state index is 13.0. The Balaban J connectivity index is 1.47. The Bertz CT molecular complexity index is 1300. The zero-order valence-electron chi connectivity index (χ0n) is 19.7. The van der Waals surface area contributed by atoms with E-state index in [1.54, 1.807) is 17.3 Å². The number of rotatable bonds is 8. The van der Waals surface area contributed by atoms with Crippen LogP contribution in [0.15, 0.2) is 59.7 Å². The van der Waals surface area contributed by atoms with Crippen LogP contribution in [0.2, 0.25) is 0 Å². The number of aromatic nitrogens is 4. The number of anilines is 1. The number of likely N-dealkylation sites (N-methyl/N-ethyl adjacent to an activating group) is 1. The van der Waals surface area contributed by atoms with E-state index in [0.29, 0.717) is 17.9 Å². The van der Waals surface area contributed by atoms with Crippen molar-refractivity contribution < 1.29 is 9.21 Å². The van der Waals surface area contributed by atoms with Gasteiger partial charge in [0.15, 0.2) is 0 Å². The number of carbonyl (C=O) groups excluding carboxylic acids is 1. The zero-order valence-corrected chi connectivity index (χ0v) is 19.7. The van der Waals surface area contributed by atoms with Crippen LogP contribution in [0.1, 0.15) is 41.1 Å². The Kier molecular flexibility index (Phi) is 6.61. The van der Waals surface area contributed by atoms with Crippen LogP contribution in [0, 0.1) is 25.2 Å². The summed E-state index contributed by atoms with van der Waals surface area (Å²) in [4.78, 5) is 18.9. The lowest BCUT2D eigenvalue weighted by molar-refractivity contribution is -0.117. The second kappa shape index (κ2) is 9.77. The molecular weight excluding hydrogens is 430 g/mol. The molecule has 9 nitrogen and oxygen atoms in total.